The van der Waals surface area contributed by atoms with Crippen molar-refractivity contribution in [2.45, 2.75) is 19.2 Å². The van der Waals surface area contributed by atoms with Gasteiger partial charge in [0, 0.05) is 24.3 Å². The minimum absolute atomic E-state index is 0.00847. The van der Waals surface area contributed by atoms with Gasteiger partial charge in [-0.2, -0.15) is 13.2 Å². The maximum absolute atomic E-state index is 12.7. The van der Waals surface area contributed by atoms with Crippen molar-refractivity contribution < 1.29 is 17.9 Å². The van der Waals surface area contributed by atoms with Crippen LogP contribution >= 0.6 is 0 Å². The van der Waals surface area contributed by atoms with Gasteiger partial charge in [0.25, 0.3) is 0 Å². The smallest absolute Gasteiger partial charge is 0.384 e. The number of alkyl halides is 3. The molecule has 3 N–H and O–H groups in total. The number of amidine groups is 1. The molecule has 1 heterocycles. The molecule has 1 aromatic carbocycles. The summed E-state index contributed by atoms with van der Waals surface area (Å²) in [6.07, 6.45) is -4.45. The van der Waals surface area contributed by atoms with Crippen molar-refractivity contribution in [2.75, 3.05) is 24.6 Å². The normalized spacial score (nSPS) is 20.0. The lowest BCUT2D eigenvalue weighted by Crippen LogP contribution is -2.42. The number of halogens is 3. The van der Waals surface area contributed by atoms with Crippen molar-refractivity contribution in [3.63, 3.8) is 0 Å². The van der Waals surface area contributed by atoms with Crippen LogP contribution < -0.4 is 10.6 Å². The molecule has 1 aromatic rings. The topological polar surface area (TPSA) is 62.3 Å². The quantitative estimate of drug-likeness (QED) is 0.647. The first-order valence-electron chi connectivity index (χ1n) is 6.21. The fourth-order valence-electron chi connectivity index (χ4n) is 2.24. The van der Waals surface area contributed by atoms with E-state index < -0.39 is 11.7 Å². The van der Waals surface area contributed by atoms with Crippen LogP contribution in [0.25, 0.3) is 0 Å². The Morgan fingerprint density at radius 1 is 1.45 bits per heavy atom. The number of benzene rings is 1. The van der Waals surface area contributed by atoms with Crippen LogP contribution in [0.15, 0.2) is 18.2 Å². The van der Waals surface area contributed by atoms with Crippen LogP contribution in [0, 0.1) is 5.41 Å². The minimum atomic E-state index is -4.44. The monoisotopic (exact) mass is 287 g/mol. The number of nitrogens with one attached hydrogen (secondary N) is 1. The second-order valence-corrected chi connectivity index (χ2v) is 4.77. The Morgan fingerprint density at radius 3 is 2.70 bits per heavy atom. The molecule has 0 amide bonds. The van der Waals surface area contributed by atoms with Crippen molar-refractivity contribution in [1.29, 1.82) is 5.41 Å². The molecule has 7 heteroatoms. The summed E-state index contributed by atoms with van der Waals surface area (Å²) < 4.78 is 43.6. The third-order valence-corrected chi connectivity index (χ3v) is 3.20. The number of anilines is 1. The van der Waals surface area contributed by atoms with E-state index in [-0.39, 0.29) is 17.5 Å². The van der Waals surface area contributed by atoms with Crippen molar-refractivity contribution >= 4 is 11.5 Å². The minimum Gasteiger partial charge on any atom is -0.384 e. The summed E-state index contributed by atoms with van der Waals surface area (Å²) in [6, 6.07) is 3.32. The van der Waals surface area contributed by atoms with Crippen LogP contribution in [-0.4, -0.2) is 31.6 Å². The van der Waals surface area contributed by atoms with E-state index in [1.54, 1.807) is 0 Å². The zero-order valence-electron chi connectivity index (χ0n) is 11.0. The Morgan fingerprint density at radius 2 is 2.15 bits per heavy atom. The van der Waals surface area contributed by atoms with Gasteiger partial charge in [-0.05, 0) is 25.1 Å². The first-order chi connectivity index (χ1) is 9.29. The Labute approximate surface area is 114 Å². The fourth-order valence-corrected chi connectivity index (χ4v) is 2.24. The Hall–Kier alpha value is -1.76. The van der Waals surface area contributed by atoms with Gasteiger partial charge < -0.3 is 15.4 Å². The molecular weight excluding hydrogens is 271 g/mol. The number of ether oxygens (including phenoxy) is 1. The summed E-state index contributed by atoms with van der Waals surface area (Å²) in [7, 11) is 0. The highest BCUT2D eigenvalue weighted by Crippen LogP contribution is 2.33. The zero-order valence-corrected chi connectivity index (χ0v) is 11.0. The van der Waals surface area contributed by atoms with Gasteiger partial charge >= 0.3 is 6.18 Å². The maximum Gasteiger partial charge on any atom is 0.416 e. The molecule has 2 rings (SSSR count). The molecule has 1 fully saturated rings. The zero-order chi connectivity index (χ0) is 14.9. The molecule has 0 aliphatic carbocycles. The van der Waals surface area contributed by atoms with Gasteiger partial charge in [0.15, 0.2) is 0 Å². The Bertz CT molecular complexity index is 516. The van der Waals surface area contributed by atoms with Crippen LogP contribution in [-0.2, 0) is 10.9 Å². The van der Waals surface area contributed by atoms with Crippen LogP contribution in [0.3, 0.4) is 0 Å². The molecule has 0 aromatic heterocycles. The fraction of sp³-hybridized carbons (Fsp3) is 0.462. The highest BCUT2D eigenvalue weighted by Gasteiger charge is 2.32. The summed E-state index contributed by atoms with van der Waals surface area (Å²) in [5.74, 6) is -0.370. The van der Waals surface area contributed by atoms with Gasteiger partial charge in [0.2, 0.25) is 0 Å². The molecule has 1 aliphatic heterocycles. The van der Waals surface area contributed by atoms with E-state index in [0.717, 1.165) is 12.1 Å². The molecule has 1 aliphatic rings. The van der Waals surface area contributed by atoms with Gasteiger partial charge in [-0.15, -0.1) is 0 Å². The van der Waals surface area contributed by atoms with Crippen LogP contribution in [0.4, 0.5) is 18.9 Å². The molecule has 0 radical (unpaired) electrons. The first-order valence-corrected chi connectivity index (χ1v) is 6.21. The number of nitrogen functional groups attached to an aromatic ring is 1. The lowest BCUT2D eigenvalue weighted by Gasteiger charge is -2.34. The van der Waals surface area contributed by atoms with Crippen LogP contribution in [0.2, 0.25) is 0 Å². The van der Waals surface area contributed by atoms with E-state index in [0.29, 0.717) is 25.4 Å². The number of nitrogens with zero attached hydrogens (tertiary/aromatic N) is 1. The van der Waals surface area contributed by atoms with Crippen molar-refractivity contribution in [3.8, 4) is 0 Å². The lowest BCUT2D eigenvalue weighted by atomic mass is 10.1. The van der Waals surface area contributed by atoms with Gasteiger partial charge in [-0.1, -0.05) is 0 Å². The predicted octanol–water partition coefficient (Wildman–Crippen LogP) is 2.21. The van der Waals surface area contributed by atoms with Gasteiger partial charge in [-0.25, -0.2) is 0 Å². The highest BCUT2D eigenvalue weighted by molar-refractivity contribution is 6.00. The molecule has 0 saturated carbocycles. The van der Waals surface area contributed by atoms with E-state index in [1.165, 1.54) is 6.07 Å². The summed E-state index contributed by atoms with van der Waals surface area (Å²) in [4.78, 5) is 1.89. The van der Waals surface area contributed by atoms with E-state index in [4.69, 9.17) is 15.9 Å². The summed E-state index contributed by atoms with van der Waals surface area (Å²) in [5.41, 5.74) is 5.28. The number of rotatable bonds is 2. The molecule has 1 unspecified atom stereocenters. The standard InChI is InChI=1S/C13H16F3N3O/c1-8-7-19(4-5-20-8)11-3-2-9(13(14,15)16)6-10(11)12(17)18/h2-3,6,8H,4-5,7H2,1H3,(H3,17,18). The summed E-state index contributed by atoms with van der Waals surface area (Å²) in [5, 5.41) is 7.50. The molecule has 0 spiro atoms. The predicted molar refractivity (Wildman–Crippen MR) is 70.1 cm³/mol. The molecule has 110 valence electrons. The Kier molecular flexibility index (Phi) is 3.89. The summed E-state index contributed by atoms with van der Waals surface area (Å²) >= 11 is 0. The first kappa shape index (κ1) is 14.6. The number of hydrogen-bond donors (Lipinski definition) is 2. The van der Waals surface area contributed by atoms with Crippen LogP contribution in [0.5, 0.6) is 0 Å². The van der Waals surface area contributed by atoms with Gasteiger partial charge in [-0.3, -0.25) is 5.41 Å². The average molecular weight is 287 g/mol. The average Bonchev–Trinajstić information content (AvgIpc) is 2.37. The molecule has 1 atom stereocenters. The number of nitrogens with two attached hydrogens (primary N) is 1. The second-order valence-electron chi connectivity index (χ2n) is 4.77. The Balaban J connectivity index is 2.40. The van der Waals surface area contributed by atoms with E-state index in [2.05, 4.69) is 0 Å². The van der Waals surface area contributed by atoms with Crippen LogP contribution in [0.1, 0.15) is 18.1 Å². The lowest BCUT2D eigenvalue weighted by molar-refractivity contribution is -0.137. The van der Waals surface area contributed by atoms with Crippen molar-refractivity contribution in [2.24, 2.45) is 5.73 Å². The third-order valence-electron chi connectivity index (χ3n) is 3.20. The molecule has 1 saturated heterocycles. The maximum atomic E-state index is 12.7. The van der Waals surface area contributed by atoms with Crippen molar-refractivity contribution in [1.82, 2.24) is 0 Å². The third kappa shape index (κ3) is 3.04. The largest absolute Gasteiger partial charge is 0.416 e. The van der Waals surface area contributed by atoms with Gasteiger partial charge in [0.05, 0.1) is 18.3 Å². The second kappa shape index (κ2) is 5.32. The van der Waals surface area contributed by atoms with E-state index in [9.17, 15) is 13.2 Å². The molecule has 0 bridgehead atoms. The van der Waals surface area contributed by atoms with E-state index in [1.807, 2.05) is 11.8 Å². The van der Waals surface area contributed by atoms with E-state index >= 15 is 0 Å². The highest BCUT2D eigenvalue weighted by atomic mass is 19.4. The number of morpholine rings is 1. The SMILES string of the molecule is CC1CN(c2ccc(C(F)(F)F)cc2C(=N)N)CCO1. The molecular formula is C13H16F3N3O. The van der Waals surface area contributed by atoms with Gasteiger partial charge in [0.1, 0.15) is 5.84 Å². The number of hydrogen-bond acceptors (Lipinski definition) is 3. The summed E-state index contributed by atoms with van der Waals surface area (Å²) in [6.45, 7) is 3.52. The molecule has 4 nitrogen and oxygen atoms in total. The van der Waals surface area contributed by atoms with Crippen molar-refractivity contribution in [3.05, 3.63) is 29.3 Å². The molecule has 20 heavy (non-hydrogen) atoms.